The van der Waals surface area contributed by atoms with Crippen molar-refractivity contribution in [3.63, 3.8) is 0 Å². The van der Waals surface area contributed by atoms with E-state index in [0.717, 1.165) is 14.5 Å². The number of aromatic amines is 1. The SMILES string of the molecule is O=C(c1cc(Cl)ccc1I)c1c[nH]c2ccncc12. The number of nitrogens with one attached hydrogen (secondary N) is 1. The predicted octanol–water partition coefficient (Wildman–Crippen LogP) is 4.05. The van der Waals surface area contributed by atoms with Gasteiger partial charge in [-0.2, -0.15) is 0 Å². The molecule has 0 saturated carbocycles. The van der Waals surface area contributed by atoms with Crippen molar-refractivity contribution in [3.05, 3.63) is 62.6 Å². The van der Waals surface area contributed by atoms with Gasteiger partial charge in [-0.15, -0.1) is 0 Å². The number of H-pyrrole nitrogens is 1. The molecule has 0 amide bonds. The molecule has 3 rings (SSSR count). The van der Waals surface area contributed by atoms with Crippen molar-refractivity contribution in [3.8, 4) is 0 Å². The van der Waals surface area contributed by atoms with Gasteiger partial charge in [-0.05, 0) is 46.9 Å². The molecule has 2 aromatic heterocycles. The predicted molar refractivity (Wildman–Crippen MR) is 83.7 cm³/mol. The van der Waals surface area contributed by atoms with Gasteiger partial charge >= 0.3 is 0 Å². The number of fused-ring (bicyclic) bond motifs is 1. The lowest BCUT2D eigenvalue weighted by atomic mass is 10.0. The number of halogens is 2. The Hall–Kier alpha value is -1.40. The third-order valence-corrected chi connectivity index (χ3v) is 4.08. The monoisotopic (exact) mass is 382 g/mol. The van der Waals surface area contributed by atoms with Crippen LogP contribution in [0.5, 0.6) is 0 Å². The van der Waals surface area contributed by atoms with E-state index in [1.807, 2.05) is 12.1 Å². The molecule has 5 heteroatoms. The molecule has 19 heavy (non-hydrogen) atoms. The van der Waals surface area contributed by atoms with Crippen LogP contribution in [0.1, 0.15) is 15.9 Å². The van der Waals surface area contributed by atoms with Crippen LogP contribution >= 0.6 is 34.2 Å². The molecule has 0 unspecified atom stereocenters. The molecule has 94 valence electrons. The second-order valence-corrected chi connectivity index (χ2v) is 5.68. The van der Waals surface area contributed by atoms with E-state index >= 15 is 0 Å². The minimum Gasteiger partial charge on any atom is -0.360 e. The maximum atomic E-state index is 12.6. The lowest BCUT2D eigenvalue weighted by molar-refractivity contribution is 0.103. The summed E-state index contributed by atoms with van der Waals surface area (Å²) in [5.74, 6) is -0.0499. The van der Waals surface area contributed by atoms with E-state index in [0.29, 0.717) is 16.1 Å². The van der Waals surface area contributed by atoms with Crippen molar-refractivity contribution in [2.75, 3.05) is 0 Å². The van der Waals surface area contributed by atoms with E-state index in [9.17, 15) is 4.79 Å². The van der Waals surface area contributed by atoms with Gasteiger partial charge in [0.2, 0.25) is 0 Å². The summed E-state index contributed by atoms with van der Waals surface area (Å²) < 4.78 is 0.880. The highest BCUT2D eigenvalue weighted by atomic mass is 127. The van der Waals surface area contributed by atoms with Crippen LogP contribution < -0.4 is 0 Å². The Morgan fingerprint density at radius 2 is 2.11 bits per heavy atom. The topological polar surface area (TPSA) is 45.8 Å². The number of carbonyl (C=O) groups excluding carboxylic acids is 1. The lowest BCUT2D eigenvalue weighted by Gasteiger charge is -2.03. The second kappa shape index (κ2) is 4.94. The van der Waals surface area contributed by atoms with Gasteiger partial charge in [-0.25, -0.2) is 0 Å². The molecule has 0 atom stereocenters. The smallest absolute Gasteiger partial charge is 0.196 e. The zero-order chi connectivity index (χ0) is 13.4. The first-order chi connectivity index (χ1) is 9.16. The van der Waals surface area contributed by atoms with Crippen LogP contribution in [-0.4, -0.2) is 15.8 Å². The average Bonchev–Trinajstić information content (AvgIpc) is 2.84. The van der Waals surface area contributed by atoms with Crippen LogP contribution in [0.25, 0.3) is 10.9 Å². The molecule has 0 spiro atoms. The van der Waals surface area contributed by atoms with Crippen molar-refractivity contribution in [2.24, 2.45) is 0 Å². The maximum absolute atomic E-state index is 12.6. The van der Waals surface area contributed by atoms with Crippen LogP contribution in [-0.2, 0) is 0 Å². The summed E-state index contributed by atoms with van der Waals surface area (Å²) in [5.41, 5.74) is 2.12. The molecule has 0 radical (unpaired) electrons. The van der Waals surface area contributed by atoms with E-state index < -0.39 is 0 Å². The summed E-state index contributed by atoms with van der Waals surface area (Å²) in [6.45, 7) is 0. The van der Waals surface area contributed by atoms with Crippen molar-refractivity contribution in [1.29, 1.82) is 0 Å². The largest absolute Gasteiger partial charge is 0.360 e. The van der Waals surface area contributed by atoms with E-state index in [1.165, 1.54) is 0 Å². The van der Waals surface area contributed by atoms with Crippen LogP contribution in [0.3, 0.4) is 0 Å². The Morgan fingerprint density at radius 3 is 2.95 bits per heavy atom. The van der Waals surface area contributed by atoms with Crippen molar-refractivity contribution < 1.29 is 4.79 Å². The molecule has 0 aliphatic heterocycles. The normalized spacial score (nSPS) is 10.8. The molecule has 0 fully saturated rings. The first-order valence-electron chi connectivity index (χ1n) is 5.57. The van der Waals surface area contributed by atoms with Gasteiger partial charge in [0.25, 0.3) is 0 Å². The van der Waals surface area contributed by atoms with E-state index in [2.05, 4.69) is 32.6 Å². The van der Waals surface area contributed by atoms with Gasteiger partial charge < -0.3 is 4.98 Å². The summed E-state index contributed by atoms with van der Waals surface area (Å²) in [5, 5.41) is 1.38. The second-order valence-electron chi connectivity index (χ2n) is 4.08. The van der Waals surface area contributed by atoms with Crippen molar-refractivity contribution in [1.82, 2.24) is 9.97 Å². The molecule has 0 saturated heterocycles. The van der Waals surface area contributed by atoms with E-state index in [1.54, 1.807) is 30.7 Å². The molecular weight excluding hydrogens is 375 g/mol. The van der Waals surface area contributed by atoms with Crippen molar-refractivity contribution in [2.45, 2.75) is 0 Å². The average molecular weight is 383 g/mol. The van der Waals surface area contributed by atoms with Crippen LogP contribution in [0, 0.1) is 3.57 Å². The standard InChI is InChI=1S/C14H8ClIN2O/c15-8-1-2-12(16)9(5-8)14(19)11-7-18-13-3-4-17-6-10(11)13/h1-7,18H. The molecule has 3 aromatic rings. The third-order valence-electron chi connectivity index (χ3n) is 2.90. The van der Waals surface area contributed by atoms with Crippen LogP contribution in [0.4, 0.5) is 0 Å². The fraction of sp³-hybridized carbons (Fsp3) is 0. The highest BCUT2D eigenvalue weighted by Gasteiger charge is 2.17. The van der Waals surface area contributed by atoms with E-state index in [-0.39, 0.29) is 5.78 Å². The number of hydrogen-bond donors (Lipinski definition) is 1. The number of nitrogens with zero attached hydrogens (tertiary/aromatic N) is 1. The number of benzene rings is 1. The summed E-state index contributed by atoms with van der Waals surface area (Å²) in [7, 11) is 0. The quantitative estimate of drug-likeness (QED) is 0.537. The first-order valence-corrected chi connectivity index (χ1v) is 7.03. The van der Waals surface area contributed by atoms with Gasteiger partial charge in [-0.3, -0.25) is 9.78 Å². The first kappa shape index (κ1) is 12.6. The van der Waals surface area contributed by atoms with E-state index in [4.69, 9.17) is 11.6 Å². The van der Waals surface area contributed by atoms with Crippen molar-refractivity contribution >= 4 is 50.9 Å². The number of ketones is 1. The van der Waals surface area contributed by atoms with Crippen LogP contribution in [0.2, 0.25) is 5.02 Å². The van der Waals surface area contributed by atoms with Gasteiger partial charge in [0, 0.05) is 49.2 Å². The number of rotatable bonds is 2. The van der Waals surface area contributed by atoms with Crippen LogP contribution in [0.15, 0.2) is 42.9 Å². The lowest BCUT2D eigenvalue weighted by Crippen LogP contribution is -2.03. The Bertz CT molecular complexity index is 782. The number of hydrogen-bond acceptors (Lipinski definition) is 2. The Balaban J connectivity index is 2.16. The molecule has 1 N–H and O–H groups in total. The summed E-state index contributed by atoms with van der Waals surface area (Å²) in [4.78, 5) is 19.7. The minimum atomic E-state index is -0.0499. The van der Waals surface area contributed by atoms with Gasteiger partial charge in [0.05, 0.1) is 0 Å². The zero-order valence-electron chi connectivity index (χ0n) is 9.65. The highest BCUT2D eigenvalue weighted by Crippen LogP contribution is 2.24. The summed E-state index contributed by atoms with van der Waals surface area (Å²) in [6.07, 6.45) is 5.10. The van der Waals surface area contributed by atoms with Gasteiger partial charge in [0.1, 0.15) is 0 Å². The molecule has 3 nitrogen and oxygen atoms in total. The molecule has 0 aliphatic carbocycles. The molecule has 0 bridgehead atoms. The van der Waals surface area contributed by atoms with Gasteiger partial charge in [0.15, 0.2) is 5.78 Å². The Kier molecular flexibility index (Phi) is 3.28. The zero-order valence-corrected chi connectivity index (χ0v) is 12.6. The molecule has 2 heterocycles. The summed E-state index contributed by atoms with van der Waals surface area (Å²) in [6, 6.07) is 7.15. The number of aromatic nitrogens is 2. The third kappa shape index (κ3) is 2.26. The fourth-order valence-electron chi connectivity index (χ4n) is 1.97. The minimum absolute atomic E-state index is 0.0499. The molecule has 0 aliphatic rings. The number of pyridine rings is 1. The molecular formula is C14H8ClIN2O. The Morgan fingerprint density at radius 1 is 1.26 bits per heavy atom. The highest BCUT2D eigenvalue weighted by molar-refractivity contribution is 14.1. The fourth-order valence-corrected chi connectivity index (χ4v) is 2.72. The van der Waals surface area contributed by atoms with Gasteiger partial charge in [-0.1, -0.05) is 11.6 Å². The number of carbonyl (C=O) groups is 1. The maximum Gasteiger partial charge on any atom is 0.196 e. The molecule has 1 aromatic carbocycles. The Labute approximate surface area is 128 Å². The summed E-state index contributed by atoms with van der Waals surface area (Å²) >= 11 is 8.10.